The minimum Gasteiger partial charge on any atom is -0.383 e. The molecule has 1 aromatic carbocycles. The number of rotatable bonds is 8. The third-order valence-corrected chi connectivity index (χ3v) is 5.85. The lowest BCUT2D eigenvalue weighted by Gasteiger charge is -2.35. The van der Waals surface area contributed by atoms with Crippen molar-refractivity contribution in [3.05, 3.63) is 58.3 Å². The van der Waals surface area contributed by atoms with E-state index in [0.717, 1.165) is 50.9 Å². The molecule has 0 saturated carbocycles. The summed E-state index contributed by atoms with van der Waals surface area (Å²) in [5.74, 6) is 0.720. The number of nitrogens with zero attached hydrogens (tertiary/aromatic N) is 2. The van der Waals surface area contributed by atoms with E-state index < -0.39 is 5.60 Å². The largest absolute Gasteiger partial charge is 0.383 e. The first-order chi connectivity index (χ1) is 14.1. The minimum absolute atomic E-state index is 0. The number of aliphatic imine (C=N–C) groups is 1. The van der Waals surface area contributed by atoms with Crippen LogP contribution in [0.5, 0.6) is 0 Å². The molecule has 6 nitrogen and oxygen atoms in total. The summed E-state index contributed by atoms with van der Waals surface area (Å²) in [5, 5.41) is 21.5. The fraction of sp³-hybridized carbons (Fsp3) is 0.500. The summed E-state index contributed by atoms with van der Waals surface area (Å²) in [4.78, 5) is 7.11. The Hall–Kier alpha value is -1.20. The van der Waals surface area contributed by atoms with Gasteiger partial charge in [-0.2, -0.15) is 11.3 Å². The van der Waals surface area contributed by atoms with Crippen LogP contribution in [-0.2, 0) is 10.3 Å². The predicted octanol–water partition coefficient (Wildman–Crippen LogP) is 3.20. The van der Waals surface area contributed by atoms with Crippen LogP contribution in [-0.4, -0.2) is 61.9 Å². The van der Waals surface area contributed by atoms with Crippen LogP contribution in [0.2, 0.25) is 0 Å². The van der Waals surface area contributed by atoms with Crippen molar-refractivity contribution >= 4 is 41.3 Å². The number of hydrogen-bond acceptors (Lipinski definition) is 5. The predicted molar refractivity (Wildman–Crippen MR) is 135 cm³/mol. The van der Waals surface area contributed by atoms with Crippen molar-refractivity contribution in [1.29, 1.82) is 0 Å². The molecule has 0 radical (unpaired) electrons. The summed E-state index contributed by atoms with van der Waals surface area (Å²) in [6.45, 7) is 9.02. The van der Waals surface area contributed by atoms with Crippen molar-refractivity contribution in [2.24, 2.45) is 4.99 Å². The zero-order chi connectivity index (χ0) is 20.5. The molecule has 0 amide bonds. The maximum Gasteiger partial charge on any atom is 0.191 e. The number of aliphatic hydroxyl groups is 1. The third-order valence-electron chi connectivity index (χ3n) is 5.17. The molecular formula is C22H33IN4O2S. The fourth-order valence-electron chi connectivity index (χ4n) is 3.45. The van der Waals surface area contributed by atoms with E-state index in [1.165, 1.54) is 5.56 Å². The Morgan fingerprint density at radius 3 is 2.60 bits per heavy atom. The summed E-state index contributed by atoms with van der Waals surface area (Å²) in [6, 6.07) is 12.7. The molecule has 30 heavy (non-hydrogen) atoms. The lowest BCUT2D eigenvalue weighted by Crippen LogP contribution is -2.46. The lowest BCUT2D eigenvalue weighted by molar-refractivity contribution is 0.0169. The minimum atomic E-state index is -0.981. The number of ether oxygens (including phenoxy) is 1. The number of nitrogens with one attached hydrogen (secondary N) is 2. The van der Waals surface area contributed by atoms with E-state index in [1.807, 2.05) is 36.7 Å². The van der Waals surface area contributed by atoms with Gasteiger partial charge in [0.1, 0.15) is 5.60 Å². The number of guanidine groups is 1. The second kappa shape index (κ2) is 12.6. The second-order valence-corrected chi connectivity index (χ2v) is 8.22. The van der Waals surface area contributed by atoms with Gasteiger partial charge in [0.05, 0.1) is 25.8 Å². The van der Waals surface area contributed by atoms with Crippen molar-refractivity contribution in [3.63, 3.8) is 0 Å². The zero-order valence-corrected chi connectivity index (χ0v) is 20.9. The van der Waals surface area contributed by atoms with Gasteiger partial charge in [0.2, 0.25) is 0 Å². The lowest BCUT2D eigenvalue weighted by atomic mass is 10.00. The highest BCUT2D eigenvalue weighted by molar-refractivity contribution is 14.0. The molecule has 8 heteroatoms. The molecule has 1 aliphatic heterocycles. The van der Waals surface area contributed by atoms with Gasteiger partial charge in [-0.15, -0.1) is 24.0 Å². The molecular weight excluding hydrogens is 511 g/mol. The van der Waals surface area contributed by atoms with Crippen LogP contribution in [0.15, 0.2) is 52.2 Å². The first kappa shape index (κ1) is 25.1. The summed E-state index contributed by atoms with van der Waals surface area (Å²) in [6.07, 6.45) is 0. The second-order valence-electron chi connectivity index (χ2n) is 7.44. The summed E-state index contributed by atoms with van der Waals surface area (Å²) < 4.78 is 5.54. The Labute approximate surface area is 200 Å². The number of benzene rings is 1. The summed E-state index contributed by atoms with van der Waals surface area (Å²) in [7, 11) is 0. The van der Waals surface area contributed by atoms with Crippen molar-refractivity contribution in [2.45, 2.75) is 25.5 Å². The normalized spacial score (nSPS) is 18.2. The van der Waals surface area contributed by atoms with Gasteiger partial charge in [0.15, 0.2) is 5.96 Å². The number of morpholine rings is 1. The first-order valence-corrected chi connectivity index (χ1v) is 11.2. The van der Waals surface area contributed by atoms with Crippen molar-refractivity contribution in [3.8, 4) is 0 Å². The number of thiophene rings is 1. The molecule has 2 unspecified atom stereocenters. The highest BCUT2D eigenvalue weighted by atomic mass is 127. The van der Waals surface area contributed by atoms with Crippen LogP contribution >= 0.6 is 35.3 Å². The SMILES string of the molecule is CCNC(=NCC(C)(O)c1ccsc1)NCC(c1ccccc1)N1CCOCC1.I. The summed E-state index contributed by atoms with van der Waals surface area (Å²) >= 11 is 1.58. The quantitative estimate of drug-likeness (QED) is 0.271. The topological polar surface area (TPSA) is 69.1 Å². The van der Waals surface area contributed by atoms with Crippen LogP contribution in [0.1, 0.15) is 31.0 Å². The van der Waals surface area contributed by atoms with Crippen molar-refractivity contribution in [2.75, 3.05) is 45.9 Å². The van der Waals surface area contributed by atoms with Crippen molar-refractivity contribution in [1.82, 2.24) is 15.5 Å². The van der Waals surface area contributed by atoms with Gasteiger partial charge in [-0.05, 0) is 41.8 Å². The van der Waals surface area contributed by atoms with Gasteiger partial charge >= 0.3 is 0 Å². The van der Waals surface area contributed by atoms with Gasteiger partial charge in [-0.1, -0.05) is 30.3 Å². The maximum absolute atomic E-state index is 10.8. The molecule has 1 aliphatic rings. The molecule has 0 spiro atoms. The van der Waals surface area contributed by atoms with Crippen LogP contribution in [0.3, 0.4) is 0 Å². The molecule has 3 rings (SSSR count). The Morgan fingerprint density at radius 2 is 1.97 bits per heavy atom. The highest BCUT2D eigenvalue weighted by Gasteiger charge is 2.25. The maximum atomic E-state index is 10.8. The van der Waals surface area contributed by atoms with Crippen LogP contribution < -0.4 is 10.6 Å². The molecule has 2 aromatic rings. The Bertz CT molecular complexity index is 750. The molecule has 3 N–H and O–H groups in total. The van der Waals surface area contributed by atoms with Gasteiger partial charge in [-0.25, -0.2) is 4.99 Å². The molecule has 166 valence electrons. The average Bonchev–Trinajstić information content (AvgIpc) is 3.30. The standard InChI is InChI=1S/C22H32N4O2S.HI/c1-3-23-21(25-17-22(2,27)19-9-14-29-16-19)24-15-20(18-7-5-4-6-8-18)26-10-12-28-13-11-26;/h4-9,14,16,20,27H,3,10-13,15,17H2,1-2H3,(H2,23,24,25);1H. The van der Waals surface area contributed by atoms with E-state index in [-0.39, 0.29) is 30.0 Å². The molecule has 1 aromatic heterocycles. The van der Waals surface area contributed by atoms with Gasteiger partial charge < -0.3 is 20.5 Å². The van der Waals surface area contributed by atoms with E-state index in [4.69, 9.17) is 4.74 Å². The van der Waals surface area contributed by atoms with Crippen LogP contribution in [0.4, 0.5) is 0 Å². The molecule has 0 aliphatic carbocycles. The number of hydrogen-bond donors (Lipinski definition) is 3. The Balaban J connectivity index is 0.00000320. The highest BCUT2D eigenvalue weighted by Crippen LogP contribution is 2.23. The van der Waals surface area contributed by atoms with E-state index in [2.05, 4.69) is 44.8 Å². The molecule has 1 saturated heterocycles. The monoisotopic (exact) mass is 544 g/mol. The molecule has 2 heterocycles. The van der Waals surface area contributed by atoms with Gasteiger partial charge in [0.25, 0.3) is 0 Å². The Kier molecular flexibility index (Phi) is 10.5. The van der Waals surface area contributed by atoms with Crippen molar-refractivity contribution < 1.29 is 9.84 Å². The molecule has 0 bridgehead atoms. The van der Waals surface area contributed by atoms with E-state index in [1.54, 1.807) is 11.3 Å². The zero-order valence-electron chi connectivity index (χ0n) is 17.7. The average molecular weight is 545 g/mol. The summed E-state index contributed by atoms with van der Waals surface area (Å²) in [5.41, 5.74) is 1.20. The Morgan fingerprint density at radius 1 is 1.23 bits per heavy atom. The van der Waals surface area contributed by atoms with Gasteiger partial charge in [-0.3, -0.25) is 4.90 Å². The van der Waals surface area contributed by atoms with E-state index in [0.29, 0.717) is 6.54 Å². The number of halogens is 1. The van der Waals surface area contributed by atoms with E-state index >= 15 is 0 Å². The molecule has 1 fully saturated rings. The molecule has 2 atom stereocenters. The van der Waals surface area contributed by atoms with Crippen LogP contribution in [0.25, 0.3) is 0 Å². The first-order valence-electron chi connectivity index (χ1n) is 10.2. The fourth-order valence-corrected chi connectivity index (χ4v) is 4.24. The smallest absolute Gasteiger partial charge is 0.191 e. The third kappa shape index (κ3) is 7.19. The van der Waals surface area contributed by atoms with Crippen LogP contribution in [0, 0.1) is 0 Å². The van der Waals surface area contributed by atoms with E-state index in [9.17, 15) is 5.11 Å². The van der Waals surface area contributed by atoms with Gasteiger partial charge in [0, 0.05) is 26.2 Å².